The van der Waals surface area contributed by atoms with E-state index in [-0.39, 0.29) is 0 Å². The zero-order valence-corrected chi connectivity index (χ0v) is 8.61. The maximum absolute atomic E-state index is 6.00. The molecule has 74 valence electrons. The third kappa shape index (κ3) is 1.20. The fourth-order valence-electron chi connectivity index (χ4n) is 1.53. The number of nitrogen functional groups attached to an aromatic ring is 1. The lowest BCUT2D eigenvalue weighted by molar-refractivity contribution is 1.24. The van der Waals surface area contributed by atoms with Crippen molar-refractivity contribution in [3.8, 4) is 11.3 Å². The largest absolute Gasteiger partial charge is 0.383 e. The first-order chi connectivity index (χ1) is 7.36. The fourth-order valence-corrected chi connectivity index (χ4v) is 2.25. The van der Waals surface area contributed by atoms with Gasteiger partial charge in [-0.25, -0.2) is 4.98 Å². The van der Waals surface area contributed by atoms with Crippen molar-refractivity contribution < 1.29 is 0 Å². The van der Waals surface area contributed by atoms with Crippen LogP contribution in [0.4, 0.5) is 5.82 Å². The number of hydrogen-bond acceptors (Lipinski definition) is 4. The third-order valence-electron chi connectivity index (χ3n) is 2.25. The van der Waals surface area contributed by atoms with Crippen molar-refractivity contribution in [3.63, 3.8) is 0 Å². The minimum absolute atomic E-state index is 0.678. The maximum Gasteiger partial charge on any atom is 0.195 e. The Bertz CT molecular complexity index is 596. The van der Waals surface area contributed by atoms with Gasteiger partial charge < -0.3 is 5.73 Å². The Balaban J connectivity index is 2.27. The SMILES string of the molecule is Nc1c(-c2ccncc2)nc2sccn12. The summed E-state index contributed by atoms with van der Waals surface area (Å²) >= 11 is 1.57. The van der Waals surface area contributed by atoms with Gasteiger partial charge in [-0.1, -0.05) is 0 Å². The second-order valence-electron chi connectivity index (χ2n) is 3.14. The molecule has 3 heterocycles. The molecule has 2 N–H and O–H groups in total. The van der Waals surface area contributed by atoms with E-state index >= 15 is 0 Å². The van der Waals surface area contributed by atoms with E-state index in [9.17, 15) is 0 Å². The van der Waals surface area contributed by atoms with Gasteiger partial charge in [-0.3, -0.25) is 9.38 Å². The molecule has 0 aliphatic rings. The summed E-state index contributed by atoms with van der Waals surface area (Å²) in [6.45, 7) is 0. The molecule has 3 rings (SSSR count). The molecule has 0 atom stereocenters. The van der Waals surface area contributed by atoms with Crippen LogP contribution in [0.15, 0.2) is 36.1 Å². The van der Waals surface area contributed by atoms with Crippen molar-refractivity contribution in [1.82, 2.24) is 14.4 Å². The Hall–Kier alpha value is -1.88. The Kier molecular flexibility index (Phi) is 1.72. The summed E-state index contributed by atoms with van der Waals surface area (Å²) in [6, 6.07) is 3.81. The van der Waals surface area contributed by atoms with E-state index in [2.05, 4.69) is 9.97 Å². The van der Waals surface area contributed by atoms with Crippen LogP contribution in [0.25, 0.3) is 16.2 Å². The molecule has 0 unspecified atom stereocenters. The van der Waals surface area contributed by atoms with Crippen LogP contribution in [0.3, 0.4) is 0 Å². The minimum Gasteiger partial charge on any atom is -0.383 e. The van der Waals surface area contributed by atoms with E-state index in [0.717, 1.165) is 16.2 Å². The second-order valence-corrected chi connectivity index (χ2v) is 4.01. The molecule has 0 amide bonds. The molecule has 0 radical (unpaired) electrons. The van der Waals surface area contributed by atoms with E-state index in [0.29, 0.717) is 5.82 Å². The maximum atomic E-state index is 6.00. The molecule has 5 heteroatoms. The van der Waals surface area contributed by atoms with Gasteiger partial charge in [0.2, 0.25) is 0 Å². The quantitative estimate of drug-likeness (QED) is 0.677. The molecule has 0 aliphatic carbocycles. The number of nitrogens with zero attached hydrogens (tertiary/aromatic N) is 3. The number of rotatable bonds is 1. The Morgan fingerprint density at radius 1 is 1.27 bits per heavy atom. The summed E-state index contributed by atoms with van der Waals surface area (Å²) in [5, 5.41) is 1.97. The zero-order valence-electron chi connectivity index (χ0n) is 7.79. The lowest BCUT2D eigenvalue weighted by Gasteiger charge is -1.96. The fraction of sp³-hybridized carbons (Fsp3) is 0. The average Bonchev–Trinajstić information content (AvgIpc) is 2.83. The number of fused-ring (bicyclic) bond motifs is 1. The van der Waals surface area contributed by atoms with Crippen LogP contribution in [0.2, 0.25) is 0 Å². The molecule has 0 saturated heterocycles. The van der Waals surface area contributed by atoms with Gasteiger partial charge in [-0.05, 0) is 12.1 Å². The highest BCUT2D eigenvalue weighted by atomic mass is 32.1. The molecule has 3 aromatic rings. The lowest BCUT2D eigenvalue weighted by atomic mass is 10.2. The number of anilines is 1. The Morgan fingerprint density at radius 2 is 2.07 bits per heavy atom. The minimum atomic E-state index is 0.678. The molecule has 0 spiro atoms. The van der Waals surface area contributed by atoms with E-state index in [1.165, 1.54) is 0 Å². The standard InChI is InChI=1S/C10H8N4S/c11-9-8(7-1-3-12-4-2-7)13-10-14(9)5-6-15-10/h1-6H,11H2. The molecule has 0 saturated carbocycles. The van der Waals surface area contributed by atoms with E-state index < -0.39 is 0 Å². The molecule has 0 fully saturated rings. The predicted octanol–water partition coefficient (Wildman–Crippen LogP) is 2.04. The zero-order chi connectivity index (χ0) is 10.3. The highest BCUT2D eigenvalue weighted by molar-refractivity contribution is 7.15. The van der Waals surface area contributed by atoms with E-state index in [4.69, 9.17) is 5.73 Å². The number of thiazole rings is 1. The van der Waals surface area contributed by atoms with Gasteiger partial charge >= 0.3 is 0 Å². The third-order valence-corrected chi connectivity index (χ3v) is 3.01. The number of aromatic nitrogens is 3. The second kappa shape index (κ2) is 3.06. The van der Waals surface area contributed by atoms with Gasteiger partial charge in [-0.2, -0.15) is 0 Å². The van der Waals surface area contributed by atoms with Gasteiger partial charge in [0.15, 0.2) is 4.96 Å². The molecular formula is C10H8N4S. The predicted molar refractivity (Wildman–Crippen MR) is 60.7 cm³/mol. The first-order valence-corrected chi connectivity index (χ1v) is 5.35. The smallest absolute Gasteiger partial charge is 0.195 e. The Morgan fingerprint density at radius 3 is 2.80 bits per heavy atom. The first-order valence-electron chi connectivity index (χ1n) is 4.47. The number of imidazole rings is 1. The van der Waals surface area contributed by atoms with Gasteiger partial charge in [0, 0.05) is 29.5 Å². The highest BCUT2D eigenvalue weighted by Crippen LogP contribution is 2.27. The molecule has 0 aromatic carbocycles. The van der Waals surface area contributed by atoms with Gasteiger partial charge in [0.1, 0.15) is 11.5 Å². The van der Waals surface area contributed by atoms with Crippen LogP contribution < -0.4 is 5.73 Å². The molecule has 4 nitrogen and oxygen atoms in total. The summed E-state index contributed by atoms with van der Waals surface area (Å²) in [7, 11) is 0. The Labute approximate surface area is 90.0 Å². The summed E-state index contributed by atoms with van der Waals surface area (Å²) in [5.74, 6) is 0.678. The van der Waals surface area contributed by atoms with Crippen molar-refractivity contribution in [3.05, 3.63) is 36.1 Å². The molecule has 15 heavy (non-hydrogen) atoms. The van der Waals surface area contributed by atoms with Crippen LogP contribution in [-0.4, -0.2) is 14.4 Å². The van der Waals surface area contributed by atoms with Gasteiger partial charge in [-0.15, -0.1) is 11.3 Å². The van der Waals surface area contributed by atoms with Crippen LogP contribution in [0, 0.1) is 0 Å². The number of hydrogen-bond donors (Lipinski definition) is 1. The van der Waals surface area contributed by atoms with E-state index in [1.54, 1.807) is 23.7 Å². The van der Waals surface area contributed by atoms with Crippen molar-refractivity contribution in [2.75, 3.05) is 5.73 Å². The van der Waals surface area contributed by atoms with Crippen LogP contribution in [-0.2, 0) is 0 Å². The molecule has 3 aromatic heterocycles. The molecular weight excluding hydrogens is 208 g/mol. The van der Waals surface area contributed by atoms with Crippen LogP contribution in [0.1, 0.15) is 0 Å². The lowest BCUT2D eigenvalue weighted by Crippen LogP contribution is -1.91. The average molecular weight is 216 g/mol. The van der Waals surface area contributed by atoms with Gasteiger partial charge in [0.05, 0.1) is 0 Å². The van der Waals surface area contributed by atoms with Gasteiger partial charge in [0.25, 0.3) is 0 Å². The van der Waals surface area contributed by atoms with Crippen LogP contribution in [0.5, 0.6) is 0 Å². The molecule has 0 bridgehead atoms. The van der Waals surface area contributed by atoms with Crippen LogP contribution >= 0.6 is 11.3 Å². The van der Waals surface area contributed by atoms with Crippen molar-refractivity contribution in [2.24, 2.45) is 0 Å². The normalized spacial score (nSPS) is 10.9. The van der Waals surface area contributed by atoms with Crippen molar-refractivity contribution in [2.45, 2.75) is 0 Å². The van der Waals surface area contributed by atoms with Crippen molar-refractivity contribution in [1.29, 1.82) is 0 Å². The summed E-state index contributed by atoms with van der Waals surface area (Å²) in [4.78, 5) is 9.36. The molecule has 0 aliphatic heterocycles. The first kappa shape index (κ1) is 8.43. The van der Waals surface area contributed by atoms with Crippen molar-refractivity contribution >= 4 is 22.1 Å². The summed E-state index contributed by atoms with van der Waals surface area (Å²) < 4.78 is 1.89. The summed E-state index contributed by atoms with van der Waals surface area (Å²) in [6.07, 6.45) is 5.40. The summed E-state index contributed by atoms with van der Waals surface area (Å²) in [5.41, 5.74) is 7.82. The topological polar surface area (TPSA) is 56.2 Å². The highest BCUT2D eigenvalue weighted by Gasteiger charge is 2.11. The number of pyridine rings is 1. The van der Waals surface area contributed by atoms with E-state index in [1.807, 2.05) is 28.1 Å². The monoisotopic (exact) mass is 216 g/mol. The number of nitrogens with two attached hydrogens (primary N) is 1.